The number of carbonyl (C=O) groups excluding carboxylic acids is 1. The van der Waals surface area contributed by atoms with Crippen molar-refractivity contribution in [1.82, 2.24) is 9.36 Å². The van der Waals surface area contributed by atoms with Crippen LogP contribution < -0.4 is 20.3 Å². The average molecular weight is 418 g/mol. The molecule has 1 heterocycles. The van der Waals surface area contributed by atoms with Gasteiger partial charge >= 0.3 is 0 Å². The van der Waals surface area contributed by atoms with Crippen molar-refractivity contribution in [1.29, 1.82) is 0 Å². The first kappa shape index (κ1) is 20.8. The first-order valence-electron chi connectivity index (χ1n) is 9.08. The highest BCUT2D eigenvalue weighted by Gasteiger charge is 2.24. The summed E-state index contributed by atoms with van der Waals surface area (Å²) in [5.41, 5.74) is 0.469. The Bertz CT molecular complexity index is 1100. The number of carbonyl (C=O) groups is 1. The van der Waals surface area contributed by atoms with Crippen molar-refractivity contribution in [3.05, 3.63) is 51.8 Å². The number of methoxy groups -OCH3 is 2. The molecule has 0 unspecified atom stereocenters. The smallest absolute Gasteiger partial charge is 0.275 e. The number of aromatic nitrogens is 2. The summed E-state index contributed by atoms with van der Waals surface area (Å²) in [5.74, 6) is 0.838. The van der Waals surface area contributed by atoms with E-state index in [4.69, 9.17) is 21.1 Å². The van der Waals surface area contributed by atoms with Crippen LogP contribution in [0.3, 0.4) is 0 Å². The van der Waals surface area contributed by atoms with Crippen LogP contribution in [0.1, 0.15) is 20.8 Å². The molecule has 0 saturated heterocycles. The highest BCUT2D eigenvalue weighted by atomic mass is 35.5. The van der Waals surface area contributed by atoms with Gasteiger partial charge in [0.05, 0.1) is 30.7 Å². The lowest BCUT2D eigenvalue weighted by Crippen LogP contribution is -2.38. The van der Waals surface area contributed by atoms with E-state index in [9.17, 15) is 9.59 Å². The number of amides is 1. The number of anilines is 1. The summed E-state index contributed by atoms with van der Waals surface area (Å²) in [6.45, 7) is 5.69. The van der Waals surface area contributed by atoms with Gasteiger partial charge in [0.25, 0.3) is 5.56 Å². The van der Waals surface area contributed by atoms with Gasteiger partial charge < -0.3 is 14.8 Å². The Morgan fingerprint density at radius 1 is 1.07 bits per heavy atom. The van der Waals surface area contributed by atoms with E-state index in [1.54, 1.807) is 60.0 Å². The molecule has 2 aromatic carbocycles. The van der Waals surface area contributed by atoms with E-state index in [0.29, 0.717) is 33.1 Å². The normalized spacial score (nSPS) is 11.5. The molecule has 29 heavy (non-hydrogen) atoms. The van der Waals surface area contributed by atoms with Crippen molar-refractivity contribution in [3.63, 3.8) is 0 Å². The Kier molecular flexibility index (Phi) is 5.61. The van der Waals surface area contributed by atoms with Gasteiger partial charge in [0.2, 0.25) is 5.91 Å². The third kappa shape index (κ3) is 4.24. The van der Waals surface area contributed by atoms with Crippen LogP contribution in [-0.4, -0.2) is 29.5 Å². The summed E-state index contributed by atoms with van der Waals surface area (Å²) in [7, 11) is 3.08. The molecule has 0 fully saturated rings. The molecule has 0 spiro atoms. The standard InChI is InChI=1S/C21H24ClN3O4/c1-21(2,3)25-20(27)17-8-13(22)6-7-18(17)24(25)12-19(26)23-14-9-15(28-4)11-16(10-14)29-5/h6-11H,12H2,1-5H3,(H,23,26). The van der Waals surface area contributed by atoms with Crippen molar-refractivity contribution in [2.24, 2.45) is 0 Å². The molecular weight excluding hydrogens is 394 g/mol. The van der Waals surface area contributed by atoms with Crippen LogP contribution in [0.25, 0.3) is 10.9 Å². The van der Waals surface area contributed by atoms with Crippen molar-refractivity contribution < 1.29 is 14.3 Å². The molecule has 7 nitrogen and oxygen atoms in total. The Hall–Kier alpha value is -2.93. The van der Waals surface area contributed by atoms with Gasteiger partial charge in [-0.05, 0) is 39.0 Å². The predicted octanol–water partition coefficient (Wildman–Crippen LogP) is 3.87. The van der Waals surface area contributed by atoms with Crippen molar-refractivity contribution >= 4 is 34.1 Å². The Labute approximate surface area is 173 Å². The second-order valence-corrected chi connectivity index (χ2v) is 8.09. The molecule has 1 amide bonds. The van der Waals surface area contributed by atoms with Gasteiger partial charge in [0.1, 0.15) is 18.0 Å². The molecule has 3 rings (SSSR count). The molecule has 154 valence electrons. The number of rotatable bonds is 5. The average Bonchev–Trinajstić information content (AvgIpc) is 2.92. The number of fused-ring (bicyclic) bond motifs is 1. The van der Waals surface area contributed by atoms with Gasteiger partial charge in [0, 0.05) is 28.9 Å². The fourth-order valence-corrected chi connectivity index (χ4v) is 3.45. The summed E-state index contributed by atoms with van der Waals surface area (Å²) in [6, 6.07) is 10.2. The molecule has 0 atom stereocenters. The molecule has 0 bridgehead atoms. The first-order chi connectivity index (χ1) is 13.6. The SMILES string of the molecule is COc1cc(NC(=O)Cn2c3ccc(Cl)cc3c(=O)n2C(C)(C)C)cc(OC)c1. The summed E-state index contributed by atoms with van der Waals surface area (Å²) in [5, 5.41) is 3.79. The third-order valence-corrected chi connectivity index (χ3v) is 4.70. The molecular formula is C21H24ClN3O4. The van der Waals surface area contributed by atoms with Crippen LogP contribution >= 0.6 is 11.6 Å². The second-order valence-electron chi connectivity index (χ2n) is 7.66. The fraction of sp³-hybridized carbons (Fsp3) is 0.333. The lowest BCUT2D eigenvalue weighted by molar-refractivity contribution is -0.117. The maximum Gasteiger partial charge on any atom is 0.275 e. The lowest BCUT2D eigenvalue weighted by Gasteiger charge is -2.24. The van der Waals surface area contributed by atoms with E-state index in [0.717, 1.165) is 0 Å². The van der Waals surface area contributed by atoms with Crippen LogP contribution in [0, 0.1) is 0 Å². The van der Waals surface area contributed by atoms with E-state index in [1.807, 2.05) is 20.8 Å². The van der Waals surface area contributed by atoms with Gasteiger partial charge in [-0.3, -0.25) is 14.3 Å². The summed E-state index contributed by atoms with van der Waals surface area (Å²) >= 11 is 6.08. The van der Waals surface area contributed by atoms with Crippen LogP contribution in [0.2, 0.25) is 5.02 Å². The minimum absolute atomic E-state index is 0.0445. The van der Waals surface area contributed by atoms with E-state index in [-0.39, 0.29) is 18.0 Å². The van der Waals surface area contributed by atoms with E-state index in [1.165, 1.54) is 0 Å². The largest absolute Gasteiger partial charge is 0.497 e. The van der Waals surface area contributed by atoms with Crippen LogP contribution in [0.15, 0.2) is 41.2 Å². The zero-order valence-electron chi connectivity index (χ0n) is 17.1. The van der Waals surface area contributed by atoms with Gasteiger partial charge in [-0.25, -0.2) is 4.68 Å². The molecule has 0 aliphatic rings. The van der Waals surface area contributed by atoms with Crippen molar-refractivity contribution in [2.75, 3.05) is 19.5 Å². The van der Waals surface area contributed by atoms with Gasteiger partial charge in [0.15, 0.2) is 0 Å². The van der Waals surface area contributed by atoms with Crippen molar-refractivity contribution in [2.45, 2.75) is 32.9 Å². The Morgan fingerprint density at radius 2 is 1.69 bits per heavy atom. The third-order valence-electron chi connectivity index (χ3n) is 4.46. The lowest BCUT2D eigenvalue weighted by atomic mass is 10.1. The predicted molar refractivity (Wildman–Crippen MR) is 114 cm³/mol. The molecule has 0 aliphatic heterocycles. The molecule has 1 N–H and O–H groups in total. The maximum absolute atomic E-state index is 13.0. The zero-order chi connectivity index (χ0) is 21.3. The van der Waals surface area contributed by atoms with E-state index >= 15 is 0 Å². The number of hydrogen-bond donors (Lipinski definition) is 1. The zero-order valence-corrected chi connectivity index (χ0v) is 17.8. The van der Waals surface area contributed by atoms with E-state index < -0.39 is 5.54 Å². The highest BCUT2D eigenvalue weighted by Crippen LogP contribution is 2.26. The van der Waals surface area contributed by atoms with Crippen LogP contribution in [0.4, 0.5) is 5.69 Å². The Balaban J connectivity index is 2.00. The Morgan fingerprint density at radius 3 is 2.24 bits per heavy atom. The number of benzene rings is 2. The molecule has 1 aromatic heterocycles. The summed E-state index contributed by atoms with van der Waals surface area (Å²) in [6.07, 6.45) is 0. The van der Waals surface area contributed by atoms with Gasteiger partial charge in [-0.1, -0.05) is 11.6 Å². The van der Waals surface area contributed by atoms with Crippen molar-refractivity contribution in [3.8, 4) is 11.5 Å². The van der Waals surface area contributed by atoms with Gasteiger partial charge in [-0.2, -0.15) is 0 Å². The summed E-state index contributed by atoms with van der Waals surface area (Å²) < 4.78 is 13.7. The summed E-state index contributed by atoms with van der Waals surface area (Å²) in [4.78, 5) is 25.8. The molecule has 0 aliphatic carbocycles. The first-order valence-corrected chi connectivity index (χ1v) is 9.46. The highest BCUT2D eigenvalue weighted by molar-refractivity contribution is 6.31. The molecule has 3 aromatic rings. The fourth-order valence-electron chi connectivity index (χ4n) is 3.27. The van der Waals surface area contributed by atoms with Crippen LogP contribution in [-0.2, 0) is 16.9 Å². The number of halogens is 1. The monoisotopic (exact) mass is 417 g/mol. The quantitative estimate of drug-likeness (QED) is 0.683. The number of nitrogens with zero attached hydrogens (tertiary/aromatic N) is 2. The molecule has 8 heteroatoms. The maximum atomic E-state index is 13.0. The molecule has 0 radical (unpaired) electrons. The number of nitrogens with one attached hydrogen (secondary N) is 1. The van der Waals surface area contributed by atoms with E-state index in [2.05, 4.69) is 5.32 Å². The topological polar surface area (TPSA) is 74.5 Å². The second kappa shape index (κ2) is 7.83. The number of hydrogen-bond acceptors (Lipinski definition) is 4. The minimum atomic E-state index is -0.526. The minimum Gasteiger partial charge on any atom is -0.497 e. The van der Waals surface area contributed by atoms with Gasteiger partial charge in [-0.15, -0.1) is 0 Å². The van der Waals surface area contributed by atoms with Crippen LogP contribution in [0.5, 0.6) is 11.5 Å². The molecule has 0 saturated carbocycles. The number of ether oxygens (including phenoxy) is 2.